The third kappa shape index (κ3) is 6.96. The first-order valence-corrected chi connectivity index (χ1v) is 13.7. The number of hydrogen-bond acceptors (Lipinski definition) is 6. The molecule has 4 unspecified atom stereocenters. The van der Waals surface area contributed by atoms with E-state index in [-0.39, 0.29) is 12.8 Å². The molecule has 0 saturated heterocycles. The molecule has 4 atom stereocenters. The van der Waals surface area contributed by atoms with E-state index in [0.29, 0.717) is 5.56 Å². The van der Waals surface area contributed by atoms with Gasteiger partial charge in [-0.2, -0.15) is 0 Å². The summed E-state index contributed by atoms with van der Waals surface area (Å²) in [6.07, 6.45) is 3.69. The molecule has 0 spiro atoms. The van der Waals surface area contributed by atoms with Crippen molar-refractivity contribution in [3.05, 3.63) is 72.1 Å². The van der Waals surface area contributed by atoms with Gasteiger partial charge in [-0.05, 0) is 35.6 Å². The van der Waals surface area contributed by atoms with Gasteiger partial charge in [0.05, 0.1) is 12.6 Å². The number of hydrogen-bond donors (Lipinski definition) is 8. The van der Waals surface area contributed by atoms with Crippen LogP contribution in [0.3, 0.4) is 0 Å². The van der Waals surface area contributed by atoms with Crippen LogP contribution in [0.15, 0.2) is 60.9 Å². The number of aromatic nitrogens is 2. The molecule has 222 valence electrons. The lowest BCUT2D eigenvalue weighted by molar-refractivity contribution is -0.143. The zero-order valence-corrected chi connectivity index (χ0v) is 23.4. The van der Waals surface area contributed by atoms with Crippen LogP contribution in [0.4, 0.5) is 0 Å². The van der Waals surface area contributed by atoms with Gasteiger partial charge < -0.3 is 41.9 Å². The summed E-state index contributed by atoms with van der Waals surface area (Å²) in [5.74, 6) is -3.81. The maximum absolute atomic E-state index is 13.3. The van der Waals surface area contributed by atoms with Gasteiger partial charge in [-0.25, -0.2) is 4.79 Å². The second-order valence-corrected chi connectivity index (χ2v) is 10.6. The average Bonchev–Trinajstić information content (AvgIpc) is 3.57. The van der Waals surface area contributed by atoms with Crippen molar-refractivity contribution in [1.82, 2.24) is 25.9 Å². The smallest absolute Gasteiger partial charge is 0.326 e. The topological polar surface area (TPSA) is 202 Å². The van der Waals surface area contributed by atoms with Crippen LogP contribution in [0.1, 0.15) is 25.0 Å². The van der Waals surface area contributed by atoms with E-state index in [9.17, 15) is 29.4 Å². The van der Waals surface area contributed by atoms with E-state index in [4.69, 9.17) is 5.73 Å². The van der Waals surface area contributed by atoms with Gasteiger partial charge in [-0.15, -0.1) is 0 Å². The highest BCUT2D eigenvalue weighted by Crippen LogP contribution is 2.20. The van der Waals surface area contributed by atoms with Crippen molar-refractivity contribution in [1.29, 1.82) is 0 Å². The van der Waals surface area contributed by atoms with Gasteiger partial charge in [0.15, 0.2) is 0 Å². The molecule has 0 aliphatic rings. The molecule has 9 N–H and O–H groups in total. The maximum Gasteiger partial charge on any atom is 0.326 e. The van der Waals surface area contributed by atoms with Crippen LogP contribution in [0, 0.1) is 5.92 Å². The number of rotatable bonds is 13. The number of H-pyrrole nitrogens is 2. The van der Waals surface area contributed by atoms with Gasteiger partial charge in [-0.3, -0.25) is 14.4 Å². The molecule has 12 nitrogen and oxygen atoms in total. The van der Waals surface area contributed by atoms with Crippen molar-refractivity contribution in [2.24, 2.45) is 11.7 Å². The van der Waals surface area contributed by atoms with Crippen LogP contribution in [0.25, 0.3) is 21.8 Å². The van der Waals surface area contributed by atoms with Crippen molar-refractivity contribution in [3.63, 3.8) is 0 Å². The van der Waals surface area contributed by atoms with Gasteiger partial charge in [0.2, 0.25) is 17.7 Å². The van der Waals surface area contributed by atoms with Gasteiger partial charge in [0.25, 0.3) is 0 Å². The molecule has 0 aliphatic carbocycles. The second-order valence-electron chi connectivity index (χ2n) is 10.6. The summed E-state index contributed by atoms with van der Waals surface area (Å²) in [4.78, 5) is 57.4. The van der Waals surface area contributed by atoms with Crippen molar-refractivity contribution in [3.8, 4) is 0 Å². The van der Waals surface area contributed by atoms with E-state index in [1.807, 2.05) is 48.5 Å². The summed E-state index contributed by atoms with van der Waals surface area (Å²) in [6.45, 7) is 2.56. The van der Waals surface area contributed by atoms with Crippen LogP contribution in [-0.4, -0.2) is 74.6 Å². The number of amides is 3. The van der Waals surface area contributed by atoms with Crippen LogP contribution >= 0.6 is 0 Å². The number of carbonyl (C=O) groups is 4. The molecule has 0 aliphatic heterocycles. The van der Waals surface area contributed by atoms with E-state index >= 15 is 0 Å². The summed E-state index contributed by atoms with van der Waals surface area (Å²) in [6, 6.07) is 10.2. The largest absolute Gasteiger partial charge is 0.480 e. The van der Waals surface area contributed by atoms with Crippen LogP contribution < -0.4 is 21.7 Å². The van der Waals surface area contributed by atoms with Crippen LogP contribution in [-0.2, 0) is 32.0 Å². The Hall–Kier alpha value is -4.68. The fourth-order valence-corrected chi connectivity index (χ4v) is 4.87. The Morgan fingerprint density at radius 3 is 1.79 bits per heavy atom. The molecule has 0 radical (unpaired) electrons. The molecule has 2 heterocycles. The zero-order valence-electron chi connectivity index (χ0n) is 23.4. The molecular weight excluding hydrogens is 540 g/mol. The Balaban J connectivity index is 1.48. The third-order valence-corrected chi connectivity index (χ3v) is 7.23. The van der Waals surface area contributed by atoms with E-state index < -0.39 is 60.4 Å². The van der Waals surface area contributed by atoms with Gasteiger partial charge in [-0.1, -0.05) is 50.2 Å². The summed E-state index contributed by atoms with van der Waals surface area (Å²) in [7, 11) is 0. The molecule has 0 bridgehead atoms. The number of carboxylic acid groups (broad SMARTS) is 1. The van der Waals surface area contributed by atoms with Crippen molar-refractivity contribution < 1.29 is 29.4 Å². The summed E-state index contributed by atoms with van der Waals surface area (Å²) < 4.78 is 0. The minimum Gasteiger partial charge on any atom is -0.480 e. The fourth-order valence-electron chi connectivity index (χ4n) is 4.87. The lowest BCUT2D eigenvalue weighted by Crippen LogP contribution is -2.59. The number of nitrogens with two attached hydrogens (primary N) is 1. The minimum atomic E-state index is -1.40. The molecule has 2 aromatic heterocycles. The van der Waals surface area contributed by atoms with Gasteiger partial charge in [0.1, 0.15) is 18.1 Å². The lowest BCUT2D eigenvalue weighted by Gasteiger charge is -2.25. The predicted molar refractivity (Wildman–Crippen MR) is 157 cm³/mol. The zero-order chi connectivity index (χ0) is 30.4. The highest BCUT2D eigenvalue weighted by molar-refractivity contribution is 5.95. The molecule has 3 amide bonds. The number of para-hydroxylation sites is 2. The number of aliphatic hydroxyl groups excluding tert-OH is 1. The summed E-state index contributed by atoms with van der Waals surface area (Å²) in [5.41, 5.74) is 9.41. The van der Waals surface area contributed by atoms with E-state index in [0.717, 1.165) is 27.4 Å². The number of aromatic amines is 2. The number of fused-ring (bicyclic) bond motifs is 2. The number of benzene rings is 2. The Kier molecular flexibility index (Phi) is 9.60. The van der Waals surface area contributed by atoms with Crippen molar-refractivity contribution >= 4 is 45.5 Å². The Labute approximate surface area is 242 Å². The maximum atomic E-state index is 13.3. The first-order chi connectivity index (χ1) is 20.1. The first kappa shape index (κ1) is 30.3. The highest BCUT2D eigenvalue weighted by Gasteiger charge is 2.32. The number of aliphatic carboxylic acids is 1. The van der Waals surface area contributed by atoms with E-state index in [1.54, 1.807) is 26.2 Å². The van der Waals surface area contributed by atoms with E-state index in [1.165, 1.54) is 0 Å². The Morgan fingerprint density at radius 2 is 1.26 bits per heavy atom. The average molecular weight is 577 g/mol. The van der Waals surface area contributed by atoms with Crippen molar-refractivity contribution in [2.45, 2.75) is 50.9 Å². The van der Waals surface area contributed by atoms with Crippen LogP contribution in [0.2, 0.25) is 0 Å². The van der Waals surface area contributed by atoms with Gasteiger partial charge in [0, 0.05) is 40.6 Å². The number of carbonyl (C=O) groups excluding carboxylic acids is 3. The fraction of sp³-hybridized carbons (Fsp3) is 0.333. The summed E-state index contributed by atoms with van der Waals surface area (Å²) >= 11 is 0. The van der Waals surface area contributed by atoms with Gasteiger partial charge >= 0.3 is 5.97 Å². The third-order valence-electron chi connectivity index (χ3n) is 7.23. The number of carboxylic acids is 1. The monoisotopic (exact) mass is 576 g/mol. The minimum absolute atomic E-state index is 0.0260. The molecule has 42 heavy (non-hydrogen) atoms. The molecule has 12 heteroatoms. The molecule has 0 fully saturated rings. The van der Waals surface area contributed by atoms with Crippen LogP contribution in [0.5, 0.6) is 0 Å². The first-order valence-electron chi connectivity index (χ1n) is 13.7. The predicted octanol–water partition coefficient (Wildman–Crippen LogP) is 0.949. The summed E-state index contributed by atoms with van der Waals surface area (Å²) in [5, 5.41) is 28.9. The number of nitrogens with one attached hydrogen (secondary N) is 5. The Morgan fingerprint density at radius 1 is 0.762 bits per heavy atom. The Bertz CT molecular complexity index is 1580. The molecule has 4 rings (SSSR count). The number of aliphatic hydroxyl groups is 1. The molecule has 0 saturated carbocycles. The molecule has 4 aromatic rings. The molecule has 2 aromatic carbocycles. The second kappa shape index (κ2) is 13.3. The van der Waals surface area contributed by atoms with Crippen molar-refractivity contribution in [2.75, 3.05) is 6.61 Å². The van der Waals surface area contributed by atoms with E-state index in [2.05, 4.69) is 25.9 Å². The lowest BCUT2D eigenvalue weighted by atomic mass is 10.0. The standard InChI is InChI=1S/C30H36N6O6/c1-16(2)26(30(41)42)36-28(39)24(12-18-14-33-23-10-6-4-8-20(18)23)34-29(40)25(15-37)35-27(38)21(31)11-17-13-32-22-9-5-3-7-19(17)22/h3-10,13-14,16,21,24-26,32-33,37H,11-12,15,31H2,1-2H3,(H,34,40)(H,35,38)(H,36,39)(H,41,42). The highest BCUT2D eigenvalue weighted by atomic mass is 16.4. The SMILES string of the molecule is CC(C)C(NC(=O)C(Cc1c[nH]c2ccccc12)NC(=O)C(CO)NC(=O)C(N)Cc1c[nH]c2ccccc12)C(=O)O. The normalized spacial score (nSPS) is 14.3. The molecular formula is C30H36N6O6. The quantitative estimate of drug-likeness (QED) is 0.116.